The van der Waals surface area contributed by atoms with E-state index >= 15 is 0 Å². The van der Waals surface area contributed by atoms with Crippen molar-refractivity contribution in [2.45, 2.75) is 25.8 Å². The summed E-state index contributed by atoms with van der Waals surface area (Å²) in [6.07, 6.45) is 4.47. The minimum Gasteiger partial charge on any atom is -0.341 e. The number of aromatic nitrogens is 3. The predicted molar refractivity (Wildman–Crippen MR) is 72.0 cm³/mol. The highest BCUT2D eigenvalue weighted by Crippen LogP contribution is 2.14. The highest BCUT2D eigenvalue weighted by Gasteiger charge is 2.18. The third-order valence-corrected chi connectivity index (χ3v) is 3.54. The Hall–Kier alpha value is -1.62. The molecule has 2 aromatic rings. The van der Waals surface area contributed by atoms with E-state index in [4.69, 9.17) is 0 Å². The van der Waals surface area contributed by atoms with Gasteiger partial charge in [-0.2, -0.15) is 4.98 Å². The SMILES string of the molecule is Cc1cccn2nc(N(C)CC3CCCN3)nc12. The Balaban J connectivity index is 1.82. The van der Waals surface area contributed by atoms with Crippen LogP contribution in [0.25, 0.3) is 5.65 Å². The minimum absolute atomic E-state index is 0.572. The van der Waals surface area contributed by atoms with Gasteiger partial charge < -0.3 is 10.2 Å². The van der Waals surface area contributed by atoms with E-state index in [1.165, 1.54) is 12.8 Å². The molecule has 3 rings (SSSR count). The van der Waals surface area contributed by atoms with Gasteiger partial charge in [-0.15, -0.1) is 5.10 Å². The van der Waals surface area contributed by atoms with Gasteiger partial charge in [0, 0.05) is 25.8 Å². The molecule has 0 aromatic carbocycles. The lowest BCUT2D eigenvalue weighted by molar-refractivity contribution is 0.594. The third-order valence-electron chi connectivity index (χ3n) is 3.54. The van der Waals surface area contributed by atoms with E-state index in [1.54, 1.807) is 0 Å². The lowest BCUT2D eigenvalue weighted by Crippen LogP contribution is -2.35. The molecule has 1 fully saturated rings. The first kappa shape index (κ1) is 11.5. The van der Waals surface area contributed by atoms with Crippen LogP contribution in [-0.4, -0.2) is 40.8 Å². The molecule has 1 aliphatic heterocycles. The van der Waals surface area contributed by atoms with E-state index < -0.39 is 0 Å². The lowest BCUT2D eigenvalue weighted by atomic mass is 10.2. The maximum atomic E-state index is 4.60. The molecule has 0 amide bonds. The molecule has 1 N–H and O–H groups in total. The zero-order valence-electron chi connectivity index (χ0n) is 10.9. The molecule has 18 heavy (non-hydrogen) atoms. The second kappa shape index (κ2) is 4.57. The van der Waals surface area contributed by atoms with Crippen LogP contribution in [0.1, 0.15) is 18.4 Å². The van der Waals surface area contributed by atoms with Crippen LogP contribution < -0.4 is 10.2 Å². The third kappa shape index (κ3) is 2.06. The van der Waals surface area contributed by atoms with Crippen LogP contribution >= 0.6 is 0 Å². The number of hydrogen-bond acceptors (Lipinski definition) is 4. The number of pyridine rings is 1. The lowest BCUT2D eigenvalue weighted by Gasteiger charge is -2.19. The van der Waals surface area contributed by atoms with Gasteiger partial charge in [0.05, 0.1) is 0 Å². The molecule has 1 saturated heterocycles. The summed E-state index contributed by atoms with van der Waals surface area (Å²) in [7, 11) is 2.06. The maximum absolute atomic E-state index is 4.60. The van der Waals surface area contributed by atoms with E-state index in [0.29, 0.717) is 6.04 Å². The van der Waals surface area contributed by atoms with Crippen molar-refractivity contribution in [2.24, 2.45) is 0 Å². The molecule has 0 aliphatic carbocycles. The van der Waals surface area contributed by atoms with E-state index in [-0.39, 0.29) is 0 Å². The Kier molecular flexibility index (Phi) is 2.91. The first-order chi connectivity index (χ1) is 8.74. The smallest absolute Gasteiger partial charge is 0.245 e. The van der Waals surface area contributed by atoms with Crippen molar-refractivity contribution in [3.05, 3.63) is 23.9 Å². The number of nitrogens with zero attached hydrogens (tertiary/aromatic N) is 4. The van der Waals surface area contributed by atoms with E-state index in [9.17, 15) is 0 Å². The normalized spacial score (nSPS) is 19.6. The van der Waals surface area contributed by atoms with Gasteiger partial charge >= 0.3 is 0 Å². The summed E-state index contributed by atoms with van der Waals surface area (Å²) in [5.74, 6) is 0.804. The second-order valence-electron chi connectivity index (χ2n) is 5.04. The standard InChI is InChI=1S/C13H19N5/c1-10-5-4-8-18-12(10)15-13(16-18)17(2)9-11-6-3-7-14-11/h4-5,8,11,14H,3,6-7,9H2,1-2H3. The summed E-state index contributed by atoms with van der Waals surface area (Å²) in [5, 5.41) is 8.02. The Bertz CT molecular complexity index is 541. The summed E-state index contributed by atoms with van der Waals surface area (Å²) in [4.78, 5) is 6.74. The molecule has 5 heteroatoms. The molecule has 3 heterocycles. The molecule has 0 bridgehead atoms. The van der Waals surface area contributed by atoms with Gasteiger partial charge in [0.1, 0.15) is 0 Å². The van der Waals surface area contributed by atoms with Crippen molar-refractivity contribution in [3.8, 4) is 0 Å². The summed E-state index contributed by atoms with van der Waals surface area (Å²) < 4.78 is 1.85. The van der Waals surface area contributed by atoms with Crippen LogP contribution in [-0.2, 0) is 0 Å². The average Bonchev–Trinajstić information content (AvgIpc) is 2.97. The minimum atomic E-state index is 0.572. The number of anilines is 1. The average molecular weight is 245 g/mol. The van der Waals surface area contributed by atoms with Crippen molar-refractivity contribution in [1.82, 2.24) is 19.9 Å². The summed E-state index contributed by atoms with van der Waals surface area (Å²) >= 11 is 0. The molecule has 1 atom stereocenters. The number of likely N-dealkylation sites (N-methyl/N-ethyl adjacent to an activating group) is 1. The first-order valence-electron chi connectivity index (χ1n) is 6.50. The Morgan fingerprint density at radius 2 is 2.44 bits per heavy atom. The van der Waals surface area contributed by atoms with Gasteiger partial charge in [0.15, 0.2) is 5.65 Å². The van der Waals surface area contributed by atoms with Crippen molar-refractivity contribution in [3.63, 3.8) is 0 Å². The van der Waals surface area contributed by atoms with Crippen LogP contribution in [0.4, 0.5) is 5.95 Å². The fourth-order valence-electron chi connectivity index (χ4n) is 2.51. The van der Waals surface area contributed by atoms with Gasteiger partial charge in [-0.25, -0.2) is 4.52 Å². The van der Waals surface area contributed by atoms with Crippen LogP contribution in [0.2, 0.25) is 0 Å². The molecular formula is C13H19N5. The summed E-state index contributed by atoms with van der Waals surface area (Å²) in [6, 6.07) is 4.63. The van der Waals surface area contributed by atoms with Crippen molar-refractivity contribution < 1.29 is 0 Å². The highest BCUT2D eigenvalue weighted by molar-refractivity contribution is 5.50. The monoisotopic (exact) mass is 245 g/mol. The van der Waals surface area contributed by atoms with Gasteiger partial charge in [-0.05, 0) is 37.9 Å². The molecule has 0 saturated carbocycles. The molecule has 1 aliphatic rings. The van der Waals surface area contributed by atoms with Crippen LogP contribution in [0, 0.1) is 6.92 Å². The second-order valence-corrected chi connectivity index (χ2v) is 5.04. The van der Waals surface area contributed by atoms with Gasteiger partial charge in [0.2, 0.25) is 5.95 Å². The molecule has 0 radical (unpaired) electrons. The van der Waals surface area contributed by atoms with Crippen LogP contribution in [0.3, 0.4) is 0 Å². The number of hydrogen-bond donors (Lipinski definition) is 1. The zero-order chi connectivity index (χ0) is 12.5. The predicted octanol–water partition coefficient (Wildman–Crippen LogP) is 1.23. The fraction of sp³-hybridized carbons (Fsp3) is 0.538. The summed E-state index contributed by atoms with van der Waals surface area (Å²) in [6.45, 7) is 4.17. The maximum Gasteiger partial charge on any atom is 0.245 e. The van der Waals surface area contributed by atoms with Crippen LogP contribution in [0.15, 0.2) is 18.3 Å². The molecular weight excluding hydrogens is 226 g/mol. The number of fused-ring (bicyclic) bond motifs is 1. The van der Waals surface area contributed by atoms with Crippen molar-refractivity contribution in [2.75, 3.05) is 25.0 Å². The van der Waals surface area contributed by atoms with Crippen LogP contribution in [0.5, 0.6) is 0 Å². The topological polar surface area (TPSA) is 45.5 Å². The number of nitrogens with one attached hydrogen (secondary N) is 1. The van der Waals surface area contributed by atoms with Crippen molar-refractivity contribution >= 4 is 11.6 Å². The number of aryl methyl sites for hydroxylation is 1. The van der Waals surface area contributed by atoms with E-state index in [0.717, 1.165) is 30.2 Å². The molecule has 96 valence electrons. The van der Waals surface area contributed by atoms with Gasteiger partial charge in [0.25, 0.3) is 0 Å². The molecule has 0 spiro atoms. The van der Waals surface area contributed by atoms with Crippen molar-refractivity contribution in [1.29, 1.82) is 0 Å². The summed E-state index contributed by atoms with van der Waals surface area (Å²) in [5.41, 5.74) is 2.10. The molecule has 2 aromatic heterocycles. The van der Waals surface area contributed by atoms with Gasteiger partial charge in [-0.1, -0.05) is 6.07 Å². The Morgan fingerprint density at radius 3 is 3.17 bits per heavy atom. The molecule has 1 unspecified atom stereocenters. The Labute approximate surface area is 107 Å². The largest absolute Gasteiger partial charge is 0.341 e. The quantitative estimate of drug-likeness (QED) is 0.883. The van der Waals surface area contributed by atoms with E-state index in [1.807, 2.05) is 16.8 Å². The van der Waals surface area contributed by atoms with Gasteiger partial charge in [-0.3, -0.25) is 0 Å². The first-order valence-corrected chi connectivity index (χ1v) is 6.50. The highest BCUT2D eigenvalue weighted by atomic mass is 15.4. The fourth-order valence-corrected chi connectivity index (χ4v) is 2.51. The zero-order valence-corrected chi connectivity index (χ0v) is 10.9. The van der Waals surface area contributed by atoms with E-state index in [2.05, 4.69) is 40.3 Å². The molecule has 5 nitrogen and oxygen atoms in total. The number of rotatable bonds is 3. The Morgan fingerprint density at radius 1 is 1.56 bits per heavy atom.